The zero-order valence-electron chi connectivity index (χ0n) is 24.1. The van der Waals surface area contributed by atoms with Crippen LogP contribution in [0.15, 0.2) is 83.8 Å². The summed E-state index contributed by atoms with van der Waals surface area (Å²) in [7, 11) is -6.52. The predicted molar refractivity (Wildman–Crippen MR) is 159 cm³/mol. The summed E-state index contributed by atoms with van der Waals surface area (Å²) >= 11 is 0. The molecule has 3 aromatic carbocycles. The number of hydrogen-bond donors (Lipinski definition) is 3. The monoisotopic (exact) mass is 640 g/mol. The van der Waals surface area contributed by atoms with Gasteiger partial charge in [0.25, 0.3) is 0 Å². The Bertz CT molecular complexity index is 1820. The number of halogens is 3. The topological polar surface area (TPSA) is 155 Å². The molecule has 1 atom stereocenters. The van der Waals surface area contributed by atoms with Gasteiger partial charge in [-0.15, -0.1) is 0 Å². The summed E-state index contributed by atoms with van der Waals surface area (Å²) in [5.41, 5.74) is 0.494. The Kier molecular flexibility index (Phi) is 10.0. The number of alkyl halides is 3. The summed E-state index contributed by atoms with van der Waals surface area (Å²) in [5.74, 6) is -1.71. The van der Waals surface area contributed by atoms with Crippen molar-refractivity contribution in [3.05, 3.63) is 90.0 Å². The van der Waals surface area contributed by atoms with Crippen molar-refractivity contribution in [1.82, 2.24) is 15.1 Å². The third kappa shape index (κ3) is 8.30. The average Bonchev–Trinajstić information content (AvgIpc) is 3.39. The standard InChI is InChI=1S/C30H28BF3N4O6S/c1-19(2)14-28(31(40)41)36-29(39)18-38-26(21-12-10-20(17-35)11-13-21)16-25(37-38)24-8-3-4-9-27(24)44-45(42,43)23-7-5-6-22(15-23)30(32,33)34/h3-13,15-16,19,28,40-41H,14,18H2,1-2H3,(H,36,39). The van der Waals surface area contributed by atoms with Gasteiger partial charge in [0.2, 0.25) is 5.91 Å². The Morgan fingerprint density at radius 1 is 1.07 bits per heavy atom. The fourth-order valence-corrected chi connectivity index (χ4v) is 5.51. The molecule has 1 amide bonds. The molecular weight excluding hydrogens is 612 g/mol. The highest BCUT2D eigenvalue weighted by Crippen LogP contribution is 2.35. The van der Waals surface area contributed by atoms with Gasteiger partial charge in [0.05, 0.1) is 34.5 Å². The molecule has 0 aliphatic rings. The number of para-hydroxylation sites is 1. The molecule has 0 aliphatic heterocycles. The van der Waals surface area contributed by atoms with Crippen molar-refractivity contribution in [1.29, 1.82) is 5.26 Å². The summed E-state index contributed by atoms with van der Waals surface area (Å²) in [5, 5.41) is 35.8. The Labute approximate surface area is 258 Å². The second-order valence-corrected chi connectivity index (χ2v) is 12.1. The van der Waals surface area contributed by atoms with Gasteiger partial charge in [-0.3, -0.25) is 9.48 Å². The molecule has 1 aromatic heterocycles. The lowest BCUT2D eigenvalue weighted by molar-refractivity contribution is -0.137. The van der Waals surface area contributed by atoms with E-state index >= 15 is 0 Å². The molecule has 234 valence electrons. The van der Waals surface area contributed by atoms with Crippen molar-refractivity contribution in [3.63, 3.8) is 0 Å². The van der Waals surface area contributed by atoms with Crippen molar-refractivity contribution in [2.45, 2.75) is 43.8 Å². The van der Waals surface area contributed by atoms with Crippen LogP contribution in [0.4, 0.5) is 13.2 Å². The maximum Gasteiger partial charge on any atom is 0.475 e. The van der Waals surface area contributed by atoms with Crippen LogP contribution in [0.3, 0.4) is 0 Å². The number of nitrogens with zero attached hydrogens (tertiary/aromatic N) is 3. The smallest absolute Gasteiger partial charge is 0.426 e. The number of carbonyl (C=O) groups excluding carboxylic acids is 1. The lowest BCUT2D eigenvalue weighted by Gasteiger charge is -2.20. The van der Waals surface area contributed by atoms with Gasteiger partial charge in [-0.2, -0.15) is 31.9 Å². The molecule has 0 radical (unpaired) electrons. The number of aromatic nitrogens is 2. The summed E-state index contributed by atoms with van der Waals surface area (Å²) in [6.45, 7) is 3.34. The fourth-order valence-electron chi connectivity index (χ4n) is 4.51. The SMILES string of the molecule is CC(C)CC(NC(=O)Cn1nc(-c2ccccc2OS(=O)(=O)c2cccc(C(F)(F)F)c2)cc1-c1ccc(C#N)cc1)B(O)O. The Morgan fingerprint density at radius 2 is 1.76 bits per heavy atom. The van der Waals surface area contributed by atoms with Crippen LogP contribution in [0.1, 0.15) is 31.4 Å². The van der Waals surface area contributed by atoms with Crippen LogP contribution < -0.4 is 9.50 Å². The zero-order valence-corrected chi connectivity index (χ0v) is 24.9. The van der Waals surface area contributed by atoms with E-state index in [-0.39, 0.29) is 29.5 Å². The maximum atomic E-state index is 13.2. The molecule has 0 saturated carbocycles. The zero-order chi connectivity index (χ0) is 32.9. The van der Waals surface area contributed by atoms with E-state index in [2.05, 4.69) is 10.4 Å². The van der Waals surface area contributed by atoms with Crippen LogP contribution in [0.25, 0.3) is 22.5 Å². The predicted octanol–water partition coefficient (Wildman–Crippen LogP) is 4.42. The normalized spacial score (nSPS) is 12.4. The first-order valence-electron chi connectivity index (χ1n) is 13.6. The van der Waals surface area contributed by atoms with E-state index in [9.17, 15) is 41.7 Å². The van der Waals surface area contributed by atoms with E-state index in [1.54, 1.807) is 36.4 Å². The van der Waals surface area contributed by atoms with Crippen molar-refractivity contribution in [2.24, 2.45) is 5.92 Å². The Morgan fingerprint density at radius 3 is 2.38 bits per heavy atom. The van der Waals surface area contributed by atoms with Gasteiger partial charge in [0, 0.05) is 5.56 Å². The third-order valence-corrected chi connectivity index (χ3v) is 7.86. The molecule has 0 bridgehead atoms. The summed E-state index contributed by atoms with van der Waals surface area (Å²) in [6, 6.07) is 19.0. The largest absolute Gasteiger partial charge is 0.475 e. The molecule has 3 N–H and O–H groups in total. The number of amides is 1. The van der Waals surface area contributed by atoms with Crippen LogP contribution in [-0.2, 0) is 27.6 Å². The second kappa shape index (κ2) is 13.6. The van der Waals surface area contributed by atoms with E-state index in [1.807, 2.05) is 19.9 Å². The highest BCUT2D eigenvalue weighted by Gasteiger charge is 2.32. The molecule has 15 heteroatoms. The molecule has 45 heavy (non-hydrogen) atoms. The molecule has 1 heterocycles. The minimum Gasteiger partial charge on any atom is -0.426 e. The van der Waals surface area contributed by atoms with E-state index in [4.69, 9.17) is 4.18 Å². The van der Waals surface area contributed by atoms with Crippen molar-refractivity contribution in [2.75, 3.05) is 0 Å². The maximum absolute atomic E-state index is 13.2. The van der Waals surface area contributed by atoms with Crippen LogP contribution in [0.5, 0.6) is 5.75 Å². The highest BCUT2D eigenvalue weighted by atomic mass is 32.2. The quantitative estimate of drug-likeness (QED) is 0.161. The van der Waals surface area contributed by atoms with Crippen LogP contribution in [0.2, 0.25) is 0 Å². The van der Waals surface area contributed by atoms with Gasteiger partial charge in [0.15, 0.2) is 5.75 Å². The van der Waals surface area contributed by atoms with Gasteiger partial charge in [-0.25, -0.2) is 0 Å². The van der Waals surface area contributed by atoms with Crippen LogP contribution in [0, 0.1) is 17.2 Å². The Hall–Kier alpha value is -4.65. The lowest BCUT2D eigenvalue weighted by atomic mass is 9.75. The Balaban J connectivity index is 1.73. The average molecular weight is 640 g/mol. The molecule has 0 fully saturated rings. The molecule has 4 rings (SSSR count). The van der Waals surface area contributed by atoms with Crippen molar-refractivity contribution < 1.29 is 40.6 Å². The lowest BCUT2D eigenvalue weighted by Crippen LogP contribution is -2.48. The molecule has 10 nitrogen and oxygen atoms in total. The molecule has 0 spiro atoms. The van der Waals surface area contributed by atoms with Gasteiger partial charge in [-0.1, -0.05) is 44.2 Å². The molecule has 1 unspecified atom stereocenters. The molecule has 4 aromatic rings. The van der Waals surface area contributed by atoms with E-state index < -0.39 is 45.7 Å². The second-order valence-electron chi connectivity index (χ2n) is 10.5. The van der Waals surface area contributed by atoms with Crippen molar-refractivity contribution in [3.8, 4) is 34.3 Å². The van der Waals surface area contributed by atoms with Gasteiger partial charge in [0.1, 0.15) is 11.4 Å². The van der Waals surface area contributed by atoms with E-state index in [1.165, 1.54) is 22.9 Å². The molecular formula is C30H28BF3N4O6S. The number of carbonyl (C=O) groups is 1. The first kappa shape index (κ1) is 33.3. The van der Waals surface area contributed by atoms with Gasteiger partial charge in [-0.05, 0) is 66.4 Å². The minimum atomic E-state index is -4.77. The van der Waals surface area contributed by atoms with Gasteiger partial charge >= 0.3 is 23.4 Å². The first-order chi connectivity index (χ1) is 21.2. The summed E-state index contributed by atoms with van der Waals surface area (Å²) in [4.78, 5) is 12.3. The minimum absolute atomic E-state index is 0.0475. The highest BCUT2D eigenvalue weighted by molar-refractivity contribution is 7.87. The molecule has 0 aliphatic carbocycles. The molecule has 0 saturated heterocycles. The van der Waals surface area contributed by atoms with Gasteiger partial charge < -0.3 is 19.5 Å². The third-order valence-electron chi connectivity index (χ3n) is 6.63. The summed E-state index contributed by atoms with van der Waals surface area (Å²) in [6.07, 6.45) is -4.48. The van der Waals surface area contributed by atoms with E-state index in [0.717, 1.165) is 18.2 Å². The number of rotatable bonds is 11. The number of hydrogen-bond acceptors (Lipinski definition) is 8. The number of nitriles is 1. The van der Waals surface area contributed by atoms with Crippen molar-refractivity contribution >= 4 is 23.1 Å². The number of benzene rings is 3. The summed E-state index contributed by atoms with van der Waals surface area (Å²) < 4.78 is 72.4. The van der Waals surface area contributed by atoms with Crippen LogP contribution >= 0.6 is 0 Å². The van der Waals surface area contributed by atoms with E-state index in [0.29, 0.717) is 29.3 Å². The fraction of sp³-hybridized carbons (Fsp3) is 0.233. The first-order valence-corrected chi connectivity index (χ1v) is 15.0. The number of nitrogens with one attached hydrogen (secondary N) is 1. The van der Waals surface area contributed by atoms with Crippen LogP contribution in [-0.4, -0.2) is 47.2 Å².